The molecule has 1 aliphatic rings. The minimum Gasteiger partial charge on any atom is -0.497 e. The van der Waals surface area contributed by atoms with E-state index in [4.69, 9.17) is 4.74 Å². The Labute approximate surface area is 111 Å². The van der Waals surface area contributed by atoms with E-state index in [9.17, 15) is 0 Å². The van der Waals surface area contributed by atoms with Gasteiger partial charge in [0.05, 0.1) is 7.11 Å². The van der Waals surface area contributed by atoms with Crippen molar-refractivity contribution < 1.29 is 4.74 Å². The molecule has 2 nitrogen and oxygen atoms in total. The molecule has 0 aromatic heterocycles. The van der Waals surface area contributed by atoms with Crippen LogP contribution in [0.25, 0.3) is 0 Å². The van der Waals surface area contributed by atoms with Crippen LogP contribution in [0.3, 0.4) is 0 Å². The summed E-state index contributed by atoms with van der Waals surface area (Å²) < 4.78 is 5.17. The summed E-state index contributed by atoms with van der Waals surface area (Å²) in [4.78, 5) is 0. The monoisotopic (exact) mass is 247 g/mol. The van der Waals surface area contributed by atoms with Crippen LogP contribution in [0.4, 0.5) is 0 Å². The van der Waals surface area contributed by atoms with Crippen LogP contribution >= 0.6 is 0 Å². The first-order chi connectivity index (χ1) is 8.67. The standard InChI is InChI=1S/C16H25NO/c1-4-16(9-10-16)12-17-13(2)11-14-5-7-15(18-3)8-6-14/h5-8,13,17H,4,9-12H2,1-3H3. The van der Waals surface area contributed by atoms with Crippen molar-refractivity contribution in [1.29, 1.82) is 0 Å². The zero-order valence-electron chi connectivity index (χ0n) is 11.8. The van der Waals surface area contributed by atoms with Crippen molar-refractivity contribution in [3.63, 3.8) is 0 Å². The highest BCUT2D eigenvalue weighted by atomic mass is 16.5. The van der Waals surface area contributed by atoms with Crippen molar-refractivity contribution in [3.05, 3.63) is 29.8 Å². The largest absolute Gasteiger partial charge is 0.497 e. The van der Waals surface area contributed by atoms with Crippen molar-refractivity contribution >= 4 is 0 Å². The number of ether oxygens (including phenoxy) is 1. The molecule has 1 aromatic rings. The Bertz CT molecular complexity index is 367. The number of nitrogens with one attached hydrogen (secondary N) is 1. The van der Waals surface area contributed by atoms with Crippen LogP contribution in [0.2, 0.25) is 0 Å². The second-order valence-electron chi connectivity index (χ2n) is 5.69. The van der Waals surface area contributed by atoms with E-state index in [-0.39, 0.29) is 0 Å². The van der Waals surface area contributed by atoms with E-state index in [0.29, 0.717) is 11.5 Å². The van der Waals surface area contributed by atoms with Crippen molar-refractivity contribution in [2.75, 3.05) is 13.7 Å². The van der Waals surface area contributed by atoms with Gasteiger partial charge in [-0.1, -0.05) is 19.1 Å². The minimum atomic E-state index is 0.544. The molecule has 1 fully saturated rings. The smallest absolute Gasteiger partial charge is 0.118 e. The van der Waals surface area contributed by atoms with E-state index in [1.807, 2.05) is 12.1 Å². The quantitative estimate of drug-likeness (QED) is 0.797. The average molecular weight is 247 g/mol. The summed E-state index contributed by atoms with van der Waals surface area (Å²) in [5.41, 5.74) is 2.01. The van der Waals surface area contributed by atoms with Crippen LogP contribution in [-0.4, -0.2) is 19.7 Å². The number of hydrogen-bond donors (Lipinski definition) is 1. The van der Waals surface area contributed by atoms with Gasteiger partial charge in [-0.3, -0.25) is 0 Å². The summed E-state index contributed by atoms with van der Waals surface area (Å²) in [6.45, 7) is 5.76. The molecule has 0 spiro atoms. The lowest BCUT2D eigenvalue weighted by molar-refractivity contribution is 0.407. The highest BCUT2D eigenvalue weighted by Crippen LogP contribution is 2.47. The van der Waals surface area contributed by atoms with Gasteiger partial charge in [-0.05, 0) is 55.7 Å². The molecule has 0 saturated heterocycles. The molecule has 2 heteroatoms. The molecular weight excluding hydrogens is 222 g/mol. The lowest BCUT2D eigenvalue weighted by Gasteiger charge is -2.19. The molecular formula is C16H25NO. The van der Waals surface area contributed by atoms with Crippen molar-refractivity contribution in [1.82, 2.24) is 5.32 Å². The molecule has 1 unspecified atom stereocenters. The van der Waals surface area contributed by atoms with Gasteiger partial charge in [-0.25, -0.2) is 0 Å². The summed E-state index contributed by atoms with van der Waals surface area (Å²) in [6.07, 6.45) is 5.22. The number of rotatable bonds is 7. The topological polar surface area (TPSA) is 21.3 Å². The van der Waals surface area contributed by atoms with Gasteiger partial charge in [-0.2, -0.15) is 0 Å². The zero-order chi connectivity index (χ0) is 13.0. The fourth-order valence-corrected chi connectivity index (χ4v) is 2.41. The third kappa shape index (κ3) is 3.49. The van der Waals surface area contributed by atoms with Crippen molar-refractivity contribution in [2.24, 2.45) is 5.41 Å². The molecule has 0 bridgehead atoms. The molecule has 1 aliphatic carbocycles. The van der Waals surface area contributed by atoms with Crippen LogP contribution in [0, 0.1) is 5.41 Å². The molecule has 0 aliphatic heterocycles. The molecule has 2 rings (SSSR count). The van der Waals surface area contributed by atoms with Crippen molar-refractivity contribution in [2.45, 2.75) is 45.6 Å². The SMILES string of the molecule is CCC1(CNC(C)Cc2ccc(OC)cc2)CC1. The summed E-state index contributed by atoms with van der Waals surface area (Å²) in [5.74, 6) is 0.933. The first kappa shape index (κ1) is 13.4. The van der Waals surface area contributed by atoms with Crippen molar-refractivity contribution in [3.8, 4) is 5.75 Å². The van der Waals surface area contributed by atoms with E-state index < -0.39 is 0 Å². The average Bonchev–Trinajstić information content (AvgIpc) is 3.18. The van der Waals surface area contributed by atoms with Gasteiger partial charge < -0.3 is 10.1 Å². The van der Waals surface area contributed by atoms with Crippen LogP contribution in [0.15, 0.2) is 24.3 Å². The van der Waals surface area contributed by atoms with Gasteiger partial charge in [0.2, 0.25) is 0 Å². The fourth-order valence-electron chi connectivity index (χ4n) is 2.41. The second kappa shape index (κ2) is 5.75. The van der Waals surface area contributed by atoms with Gasteiger partial charge in [0.15, 0.2) is 0 Å². The Morgan fingerprint density at radius 2 is 1.94 bits per heavy atom. The highest BCUT2D eigenvalue weighted by Gasteiger charge is 2.40. The Hall–Kier alpha value is -1.02. The summed E-state index contributed by atoms with van der Waals surface area (Å²) >= 11 is 0. The van der Waals surface area contributed by atoms with E-state index in [1.54, 1.807) is 7.11 Å². The third-order valence-corrected chi connectivity index (χ3v) is 4.23. The molecule has 1 saturated carbocycles. The van der Waals surface area contributed by atoms with Crippen LogP contribution in [0.5, 0.6) is 5.75 Å². The van der Waals surface area contributed by atoms with Gasteiger partial charge in [0.25, 0.3) is 0 Å². The lowest BCUT2D eigenvalue weighted by Crippen LogP contribution is -2.33. The van der Waals surface area contributed by atoms with Crippen LogP contribution in [0.1, 0.15) is 38.7 Å². The van der Waals surface area contributed by atoms with E-state index in [0.717, 1.165) is 12.2 Å². The summed E-state index contributed by atoms with van der Waals surface area (Å²) in [6, 6.07) is 8.93. The van der Waals surface area contributed by atoms with Gasteiger partial charge in [-0.15, -0.1) is 0 Å². The van der Waals surface area contributed by atoms with E-state index in [2.05, 4.69) is 31.3 Å². The maximum Gasteiger partial charge on any atom is 0.118 e. The Balaban J connectivity index is 1.77. The summed E-state index contributed by atoms with van der Waals surface area (Å²) in [7, 11) is 1.71. The molecule has 1 aromatic carbocycles. The van der Waals surface area contributed by atoms with Gasteiger partial charge >= 0.3 is 0 Å². The maximum absolute atomic E-state index is 5.17. The minimum absolute atomic E-state index is 0.544. The molecule has 1 atom stereocenters. The molecule has 100 valence electrons. The Morgan fingerprint density at radius 1 is 1.28 bits per heavy atom. The fraction of sp³-hybridized carbons (Fsp3) is 0.625. The maximum atomic E-state index is 5.17. The molecule has 0 amide bonds. The van der Waals surface area contributed by atoms with Gasteiger partial charge in [0, 0.05) is 12.6 Å². The number of hydrogen-bond acceptors (Lipinski definition) is 2. The normalized spacial score (nSPS) is 18.4. The van der Waals surface area contributed by atoms with E-state index >= 15 is 0 Å². The van der Waals surface area contributed by atoms with E-state index in [1.165, 1.54) is 31.4 Å². The Kier molecular flexibility index (Phi) is 4.28. The molecule has 0 heterocycles. The predicted octanol–water partition coefficient (Wildman–Crippen LogP) is 3.41. The molecule has 0 radical (unpaired) electrons. The third-order valence-electron chi connectivity index (χ3n) is 4.23. The predicted molar refractivity (Wildman–Crippen MR) is 76.1 cm³/mol. The number of methoxy groups -OCH3 is 1. The van der Waals surface area contributed by atoms with Crippen LogP contribution in [-0.2, 0) is 6.42 Å². The Morgan fingerprint density at radius 3 is 2.44 bits per heavy atom. The number of benzene rings is 1. The highest BCUT2D eigenvalue weighted by molar-refractivity contribution is 5.27. The van der Waals surface area contributed by atoms with Crippen LogP contribution < -0.4 is 10.1 Å². The van der Waals surface area contributed by atoms with Gasteiger partial charge in [0.1, 0.15) is 5.75 Å². The first-order valence-corrected chi connectivity index (χ1v) is 7.04. The molecule has 1 N–H and O–H groups in total. The summed E-state index contributed by atoms with van der Waals surface area (Å²) in [5, 5.41) is 3.68. The lowest BCUT2D eigenvalue weighted by atomic mass is 10.0. The first-order valence-electron chi connectivity index (χ1n) is 7.04. The zero-order valence-corrected chi connectivity index (χ0v) is 11.8. The second-order valence-corrected chi connectivity index (χ2v) is 5.69. The molecule has 18 heavy (non-hydrogen) atoms.